The van der Waals surface area contributed by atoms with E-state index in [1.807, 2.05) is 12.2 Å². The topological polar surface area (TPSA) is 66.8 Å². The molecule has 0 unspecified atom stereocenters. The largest absolute Gasteiger partial charge is 1.00 e. The third kappa shape index (κ3) is 21.1. The summed E-state index contributed by atoms with van der Waals surface area (Å²) >= 11 is 0. The summed E-state index contributed by atoms with van der Waals surface area (Å²) < 4.78 is 0. The Morgan fingerprint density at radius 3 is 2.36 bits per heavy atom. The third-order valence-corrected chi connectivity index (χ3v) is 3.46. The maximum absolute atomic E-state index is 10.4. The molecule has 0 saturated carbocycles. The number of aliphatic carboxylic acids is 1. The Kier molecular flexibility index (Phi) is 22.4. The minimum absolute atomic E-state index is 0. The maximum Gasteiger partial charge on any atom is 1.00 e. The summed E-state index contributed by atoms with van der Waals surface area (Å²) in [6, 6.07) is 0. The summed E-state index contributed by atoms with van der Waals surface area (Å²) in [4.78, 5) is 14.7. The fraction of sp³-hybridized carbons (Fsp3) is 0.550. The summed E-state index contributed by atoms with van der Waals surface area (Å²) in [6.07, 6.45) is 23.1. The molecule has 0 heterocycles. The second-order valence-electron chi connectivity index (χ2n) is 5.66. The molecule has 2 N–H and O–H groups in total. The van der Waals surface area contributed by atoms with Crippen molar-refractivity contribution < 1.29 is 51.0 Å². The Bertz CT molecular complexity index is 432. The first-order chi connectivity index (χ1) is 11.7. The van der Waals surface area contributed by atoms with Crippen LogP contribution >= 0.6 is 0 Å². The zero-order valence-electron chi connectivity index (χ0n) is 16.8. The monoisotopic (exact) mass is 360 g/mol. The molecule has 0 aliphatic rings. The van der Waals surface area contributed by atoms with E-state index in [-0.39, 0.29) is 37.4 Å². The van der Waals surface area contributed by atoms with Crippen molar-refractivity contribution in [2.75, 3.05) is 0 Å². The molecule has 138 valence electrons. The number of hydrogen-bond acceptors (Lipinski definition) is 3. The molecule has 0 saturated heterocycles. The van der Waals surface area contributed by atoms with Crippen molar-refractivity contribution in [1.29, 1.82) is 0 Å². The van der Waals surface area contributed by atoms with Gasteiger partial charge in [-0.1, -0.05) is 62.6 Å². The van der Waals surface area contributed by atoms with Gasteiger partial charge in [-0.2, -0.15) is 0 Å². The molecule has 4 nitrogen and oxygen atoms in total. The molecule has 0 bridgehead atoms. The molecule has 0 rings (SSSR count). The van der Waals surface area contributed by atoms with Gasteiger partial charge in [0, 0.05) is 12.8 Å². The van der Waals surface area contributed by atoms with Crippen molar-refractivity contribution >= 4 is 5.97 Å². The number of carboxylic acids is 1. The molecule has 0 aromatic carbocycles. The molecule has 0 fully saturated rings. The van der Waals surface area contributed by atoms with Gasteiger partial charge in [0.1, 0.15) is 5.76 Å². The normalized spacial score (nSPS) is 12.2. The predicted octanol–water partition coefficient (Wildman–Crippen LogP) is 3.15. The van der Waals surface area contributed by atoms with Crippen LogP contribution < -0.4 is 29.6 Å². The van der Waals surface area contributed by atoms with Crippen molar-refractivity contribution in [2.45, 2.75) is 71.1 Å². The summed E-state index contributed by atoms with van der Waals surface area (Å²) in [5.41, 5.74) is 0. The van der Waals surface area contributed by atoms with Gasteiger partial charge in [-0.15, -0.1) is 0 Å². The average molecular weight is 360 g/mol. The van der Waals surface area contributed by atoms with E-state index in [0.29, 0.717) is 25.0 Å². The smallest absolute Gasteiger partial charge is 1.00 e. The first-order valence-corrected chi connectivity index (χ1v) is 8.89. The van der Waals surface area contributed by atoms with E-state index in [0.717, 1.165) is 12.8 Å². The van der Waals surface area contributed by atoms with Crippen LogP contribution in [0.3, 0.4) is 0 Å². The molecule has 0 amide bonds. The summed E-state index contributed by atoms with van der Waals surface area (Å²) in [7, 11) is 0. The van der Waals surface area contributed by atoms with E-state index in [2.05, 4.69) is 36.1 Å². The van der Waals surface area contributed by atoms with Gasteiger partial charge < -0.3 is 11.4 Å². The zero-order chi connectivity index (χ0) is 17.9. The zero-order valence-corrected chi connectivity index (χ0v) is 17.8. The fourth-order valence-electron chi connectivity index (χ4n) is 2.09. The van der Waals surface area contributed by atoms with E-state index in [1.165, 1.54) is 25.7 Å². The number of rotatable bonds is 15. The maximum atomic E-state index is 10.4. The molecular formula is C20H33NaO4. The summed E-state index contributed by atoms with van der Waals surface area (Å²) in [6.45, 7) is 2.22. The molecule has 0 aliphatic carbocycles. The molecule has 0 atom stereocenters. The number of hydrogen-bond donors (Lipinski definition) is 2. The first-order valence-electron chi connectivity index (χ1n) is 8.89. The third-order valence-electron chi connectivity index (χ3n) is 3.46. The second-order valence-corrected chi connectivity index (χ2v) is 5.66. The van der Waals surface area contributed by atoms with Gasteiger partial charge in [-0.25, -0.2) is 5.26 Å². The SMILES string of the molecule is CCCCCC/C=C/C=C/C/C=C/C/C=C(/CCCC(=O)O)OO.[H-].[Na+]. The average Bonchev–Trinajstić information content (AvgIpc) is 2.57. The van der Waals surface area contributed by atoms with Crippen LogP contribution in [0.4, 0.5) is 0 Å². The molecule has 0 aromatic heterocycles. The van der Waals surface area contributed by atoms with Gasteiger partial charge in [-0.05, 0) is 38.2 Å². The Hall–Kier alpha value is -0.810. The Morgan fingerprint density at radius 1 is 0.960 bits per heavy atom. The molecule has 5 heteroatoms. The van der Waals surface area contributed by atoms with Crippen LogP contribution in [0.5, 0.6) is 0 Å². The van der Waals surface area contributed by atoms with Gasteiger partial charge in [0.15, 0.2) is 0 Å². The van der Waals surface area contributed by atoms with Gasteiger partial charge >= 0.3 is 35.5 Å². The van der Waals surface area contributed by atoms with Gasteiger partial charge in [0.2, 0.25) is 0 Å². The Labute approximate surface area is 176 Å². The molecule has 0 aliphatic heterocycles. The van der Waals surface area contributed by atoms with Crippen LogP contribution in [0.15, 0.2) is 48.3 Å². The Morgan fingerprint density at radius 2 is 1.68 bits per heavy atom. The first kappa shape index (κ1) is 26.4. The van der Waals surface area contributed by atoms with Crippen LogP contribution in [0.25, 0.3) is 0 Å². The van der Waals surface area contributed by atoms with Gasteiger partial charge in [-0.3, -0.25) is 4.79 Å². The van der Waals surface area contributed by atoms with Crippen LogP contribution in [-0.4, -0.2) is 16.3 Å². The van der Waals surface area contributed by atoms with E-state index in [4.69, 9.17) is 10.4 Å². The van der Waals surface area contributed by atoms with Crippen molar-refractivity contribution in [3.8, 4) is 0 Å². The van der Waals surface area contributed by atoms with E-state index < -0.39 is 5.97 Å². The fourth-order valence-corrected chi connectivity index (χ4v) is 2.09. The number of carbonyl (C=O) groups is 1. The van der Waals surface area contributed by atoms with Gasteiger partial charge in [0.05, 0.1) is 0 Å². The molecule has 25 heavy (non-hydrogen) atoms. The number of carboxylic acid groups (broad SMARTS) is 1. The van der Waals surface area contributed by atoms with Crippen molar-refractivity contribution in [3.05, 3.63) is 48.3 Å². The summed E-state index contributed by atoms with van der Waals surface area (Å²) in [5.74, 6) is -0.420. The second kappa shape index (κ2) is 21.2. The predicted molar refractivity (Wildman–Crippen MR) is 99.8 cm³/mol. The molecule has 0 aromatic rings. The quantitative estimate of drug-likeness (QED) is 0.0895. The van der Waals surface area contributed by atoms with Crippen molar-refractivity contribution in [1.82, 2.24) is 0 Å². The van der Waals surface area contributed by atoms with Crippen LogP contribution in [0, 0.1) is 0 Å². The molecular weight excluding hydrogens is 327 g/mol. The van der Waals surface area contributed by atoms with Gasteiger partial charge in [0.25, 0.3) is 0 Å². The number of allylic oxidation sites excluding steroid dienone is 8. The minimum atomic E-state index is -0.839. The standard InChI is InChI=1S/C20H32O4.Na.H/c1-2-3-4-5-6-7-8-9-10-11-12-13-14-16-19(24-23)17-15-18-20(21)22;;/h7-10,12-13,16,23H,2-6,11,14-15,17-18H2,1H3,(H,21,22);;/q;+1;-1/b8-7+,10-9+,13-12+,19-16-;;. The van der Waals surface area contributed by atoms with E-state index >= 15 is 0 Å². The van der Waals surface area contributed by atoms with E-state index in [1.54, 1.807) is 6.08 Å². The van der Waals surface area contributed by atoms with Crippen LogP contribution in [0.1, 0.15) is 72.6 Å². The van der Waals surface area contributed by atoms with Crippen molar-refractivity contribution in [2.24, 2.45) is 0 Å². The minimum Gasteiger partial charge on any atom is -1.00 e. The van der Waals surface area contributed by atoms with Crippen LogP contribution in [0.2, 0.25) is 0 Å². The van der Waals surface area contributed by atoms with Crippen LogP contribution in [-0.2, 0) is 9.68 Å². The van der Waals surface area contributed by atoms with E-state index in [9.17, 15) is 4.79 Å². The molecule has 0 radical (unpaired) electrons. The Balaban J connectivity index is -0.00000264. The number of unbranched alkanes of at least 4 members (excludes halogenated alkanes) is 4. The summed E-state index contributed by atoms with van der Waals surface area (Å²) in [5, 5.41) is 17.3. The molecule has 0 spiro atoms. The van der Waals surface area contributed by atoms with Crippen molar-refractivity contribution in [3.63, 3.8) is 0 Å².